The smallest absolute Gasteiger partial charge is 0.345 e. The normalized spacial score (nSPS) is 19.0. The van der Waals surface area contributed by atoms with E-state index >= 15 is 0 Å². The maximum atomic E-state index is 13.6. The molecule has 0 heterocycles. The lowest BCUT2D eigenvalue weighted by atomic mass is 9.72. The van der Waals surface area contributed by atoms with Gasteiger partial charge in [0.15, 0.2) is 12.6 Å². The van der Waals surface area contributed by atoms with Gasteiger partial charge in [-0.2, -0.15) is 29.3 Å². The first-order valence-corrected chi connectivity index (χ1v) is 25.7. The van der Waals surface area contributed by atoms with Crippen molar-refractivity contribution in [1.29, 1.82) is 0 Å². The van der Waals surface area contributed by atoms with Crippen molar-refractivity contribution in [3.05, 3.63) is 0 Å². The molecule has 0 saturated heterocycles. The summed E-state index contributed by atoms with van der Waals surface area (Å²) in [6, 6.07) is 0. The maximum Gasteiger partial charge on any atom is 0.345 e. The van der Waals surface area contributed by atoms with Crippen LogP contribution in [0.5, 0.6) is 0 Å². The van der Waals surface area contributed by atoms with Crippen molar-refractivity contribution in [2.24, 2.45) is 59.2 Å². The summed E-state index contributed by atoms with van der Waals surface area (Å²) in [6.45, 7) is 44.0. The lowest BCUT2D eigenvalue weighted by molar-refractivity contribution is -0.613. The first kappa shape index (κ1) is 64.5. The van der Waals surface area contributed by atoms with Crippen molar-refractivity contribution in [3.8, 4) is 0 Å². The molecule has 14 heteroatoms. The first-order valence-electron chi connectivity index (χ1n) is 25.7. The molecule has 0 rings (SSSR count). The molecule has 0 aromatic carbocycles. The monoisotopic (exact) mass is 951 g/mol. The Labute approximate surface area is 403 Å². The van der Waals surface area contributed by atoms with Crippen molar-refractivity contribution >= 4 is 11.9 Å². The number of carbonyl (C=O) groups excluding carboxylic acids is 2. The van der Waals surface area contributed by atoms with Crippen LogP contribution in [-0.4, -0.2) is 60.5 Å². The molecule has 10 atom stereocenters. The first-order chi connectivity index (χ1) is 30.6. The van der Waals surface area contributed by atoms with Gasteiger partial charge in [0.2, 0.25) is 11.6 Å². The SMILES string of the molecule is CCCCC(CC)C(=O)OOC(C)(CC(C)C)C(C(C)C)C(C)(OOC(C)OCC(C)C)OOC(C)(OOC(C)OCC(C)C)C(C(C)C)C(C)(CC(C)C)OOC(=O)C(CC)CCCC. The summed E-state index contributed by atoms with van der Waals surface area (Å²) in [6.07, 6.45) is 5.53. The molecule has 66 heavy (non-hydrogen) atoms. The van der Waals surface area contributed by atoms with Crippen molar-refractivity contribution < 1.29 is 67.9 Å². The Bertz CT molecular complexity index is 1200. The third kappa shape index (κ3) is 23.0. The van der Waals surface area contributed by atoms with Gasteiger partial charge in [0.1, 0.15) is 11.2 Å². The Morgan fingerprint density at radius 3 is 1.00 bits per heavy atom. The quantitative estimate of drug-likeness (QED) is 0.0327. The summed E-state index contributed by atoms with van der Waals surface area (Å²) < 4.78 is 11.9. The van der Waals surface area contributed by atoms with E-state index in [-0.39, 0.29) is 47.3 Å². The van der Waals surface area contributed by atoms with Crippen LogP contribution in [0.2, 0.25) is 0 Å². The molecule has 10 unspecified atom stereocenters. The summed E-state index contributed by atoms with van der Waals surface area (Å²) in [5.74, 6) is -6.57. The van der Waals surface area contributed by atoms with E-state index in [0.717, 1.165) is 25.7 Å². The fraction of sp³-hybridized carbons (Fsp3) is 0.962. The predicted molar refractivity (Wildman–Crippen MR) is 257 cm³/mol. The van der Waals surface area contributed by atoms with Crippen LogP contribution >= 0.6 is 0 Å². The third-order valence-corrected chi connectivity index (χ3v) is 11.9. The number of hydrogen-bond donors (Lipinski definition) is 0. The molecular formula is C52H102O14. The van der Waals surface area contributed by atoms with Crippen molar-refractivity contribution in [1.82, 2.24) is 0 Å². The highest BCUT2D eigenvalue weighted by Crippen LogP contribution is 2.48. The zero-order chi connectivity index (χ0) is 51.1. The number of unbranched alkanes of at least 4 members (excludes halogenated alkanes) is 2. The van der Waals surface area contributed by atoms with E-state index in [9.17, 15) is 9.59 Å². The maximum absolute atomic E-state index is 13.6. The number of ether oxygens (including phenoxy) is 2. The number of carbonyl (C=O) groups is 2. The summed E-state index contributed by atoms with van der Waals surface area (Å²) in [5.41, 5.74) is -2.46. The van der Waals surface area contributed by atoms with E-state index < -0.39 is 59.1 Å². The van der Waals surface area contributed by atoms with Gasteiger partial charge >= 0.3 is 11.9 Å². The Balaban J connectivity index is 7.85. The molecule has 0 amide bonds. The van der Waals surface area contributed by atoms with Gasteiger partial charge < -0.3 is 9.47 Å². The van der Waals surface area contributed by atoms with Crippen LogP contribution in [-0.2, 0) is 67.9 Å². The van der Waals surface area contributed by atoms with Crippen molar-refractivity contribution in [2.75, 3.05) is 13.2 Å². The second-order valence-corrected chi connectivity index (χ2v) is 21.9. The predicted octanol–water partition coefficient (Wildman–Crippen LogP) is 13.8. The van der Waals surface area contributed by atoms with Gasteiger partial charge in [-0.3, -0.25) is 9.78 Å². The van der Waals surface area contributed by atoms with Gasteiger partial charge in [0.05, 0.1) is 36.9 Å². The Kier molecular flexibility index (Phi) is 31.0. The lowest BCUT2D eigenvalue weighted by Crippen LogP contribution is -2.60. The summed E-state index contributed by atoms with van der Waals surface area (Å²) in [5, 5.41) is 0. The van der Waals surface area contributed by atoms with E-state index in [4.69, 9.17) is 58.3 Å². The third-order valence-electron chi connectivity index (χ3n) is 11.9. The molecular weight excluding hydrogens is 849 g/mol. The van der Waals surface area contributed by atoms with Crippen LogP contribution in [0, 0.1) is 59.2 Å². The van der Waals surface area contributed by atoms with Gasteiger partial charge in [0, 0.05) is 0 Å². The summed E-state index contributed by atoms with van der Waals surface area (Å²) in [4.78, 5) is 89.8. The van der Waals surface area contributed by atoms with Crippen LogP contribution in [0.15, 0.2) is 0 Å². The van der Waals surface area contributed by atoms with E-state index in [2.05, 4.69) is 41.5 Å². The van der Waals surface area contributed by atoms with Gasteiger partial charge in [-0.25, -0.2) is 19.4 Å². The minimum atomic E-state index is -1.83. The minimum Gasteiger partial charge on any atom is -0.350 e. The van der Waals surface area contributed by atoms with Gasteiger partial charge in [-0.15, -0.1) is 0 Å². The average Bonchev–Trinajstić information content (AvgIpc) is 3.21. The molecule has 0 aliphatic rings. The Morgan fingerprint density at radius 2 is 0.758 bits per heavy atom. The second kappa shape index (κ2) is 31.7. The van der Waals surface area contributed by atoms with E-state index in [1.165, 1.54) is 0 Å². The zero-order valence-electron chi connectivity index (χ0n) is 46.1. The topological polar surface area (TPSA) is 145 Å². The Morgan fingerprint density at radius 1 is 0.439 bits per heavy atom. The highest BCUT2D eigenvalue weighted by Gasteiger charge is 2.59. The summed E-state index contributed by atoms with van der Waals surface area (Å²) >= 11 is 0. The van der Waals surface area contributed by atoms with Crippen LogP contribution in [0.1, 0.15) is 217 Å². The molecule has 0 aliphatic carbocycles. The van der Waals surface area contributed by atoms with Crippen LogP contribution in [0.4, 0.5) is 0 Å². The van der Waals surface area contributed by atoms with E-state index in [0.29, 0.717) is 51.7 Å². The van der Waals surface area contributed by atoms with Gasteiger partial charge in [0.25, 0.3) is 0 Å². The van der Waals surface area contributed by atoms with Gasteiger partial charge in [-0.05, 0) is 116 Å². The summed E-state index contributed by atoms with van der Waals surface area (Å²) in [7, 11) is 0. The van der Waals surface area contributed by atoms with E-state index in [1.54, 1.807) is 27.7 Å². The van der Waals surface area contributed by atoms with E-state index in [1.807, 2.05) is 83.1 Å². The number of hydrogen-bond acceptors (Lipinski definition) is 14. The van der Waals surface area contributed by atoms with Crippen LogP contribution in [0.3, 0.4) is 0 Å². The highest BCUT2D eigenvalue weighted by atomic mass is 17.4. The molecule has 0 fully saturated rings. The molecule has 0 spiro atoms. The molecule has 0 N–H and O–H groups in total. The van der Waals surface area contributed by atoms with Crippen molar-refractivity contribution in [2.45, 2.75) is 252 Å². The zero-order valence-corrected chi connectivity index (χ0v) is 46.1. The van der Waals surface area contributed by atoms with Crippen LogP contribution < -0.4 is 0 Å². The average molecular weight is 951 g/mol. The fourth-order valence-electron chi connectivity index (χ4n) is 9.50. The molecule has 0 bridgehead atoms. The Hall–Kier alpha value is -1.46. The standard InChI is InChI=1S/C52H102O14/c1-23-27-29-43(25-3)47(53)59-61-49(19,31-35(5)6)45(39(13)14)51(21,63-57-41(17)55-33-37(9)10)65-66-52(22,64-58-42(18)56-34-38(11)12)46(40(15)16)50(20,32-36(7)8)62-60-48(54)44(26-4)30-28-24-2/h35-46H,23-34H2,1-22H3. The number of rotatable bonds is 39. The second-order valence-electron chi connectivity index (χ2n) is 21.9. The molecule has 0 aliphatic heterocycles. The van der Waals surface area contributed by atoms with Crippen molar-refractivity contribution in [3.63, 3.8) is 0 Å². The fourth-order valence-corrected chi connectivity index (χ4v) is 9.50. The lowest BCUT2D eigenvalue weighted by Gasteiger charge is -2.49. The minimum absolute atomic E-state index is 0.0712. The molecule has 0 radical (unpaired) electrons. The van der Waals surface area contributed by atoms with Gasteiger partial charge in [-0.1, -0.05) is 136 Å². The molecule has 14 nitrogen and oxygen atoms in total. The highest BCUT2D eigenvalue weighted by molar-refractivity contribution is 5.72. The van der Waals surface area contributed by atoms with Crippen LogP contribution in [0.25, 0.3) is 0 Å². The largest absolute Gasteiger partial charge is 0.350 e. The molecule has 394 valence electrons. The molecule has 0 aromatic heterocycles. The molecule has 0 aromatic rings. The molecule has 0 saturated carbocycles.